The van der Waals surface area contributed by atoms with Crippen molar-refractivity contribution in [1.29, 1.82) is 0 Å². The first-order valence-electron chi connectivity index (χ1n) is 9.35. The first kappa shape index (κ1) is 18.7. The van der Waals surface area contributed by atoms with Crippen LogP contribution in [0.1, 0.15) is 40.1 Å². The fourth-order valence-corrected chi connectivity index (χ4v) is 4.22. The average molecular weight is 392 g/mol. The Kier molecular flexibility index (Phi) is 4.58. The van der Waals surface area contributed by atoms with Crippen LogP contribution in [0.3, 0.4) is 0 Å². The molecular weight excluding hydrogens is 372 g/mol. The van der Waals surface area contributed by atoms with E-state index in [9.17, 15) is 14.4 Å². The number of amides is 1. The van der Waals surface area contributed by atoms with Crippen LogP contribution in [-0.2, 0) is 22.4 Å². The van der Waals surface area contributed by atoms with Crippen LogP contribution in [0.5, 0.6) is 5.75 Å². The maximum Gasteiger partial charge on any atom is 0.341 e. The lowest BCUT2D eigenvalue weighted by Gasteiger charge is -2.19. The molecule has 1 aromatic heterocycles. The van der Waals surface area contributed by atoms with Crippen LogP contribution >= 0.6 is 0 Å². The first-order valence-corrected chi connectivity index (χ1v) is 9.35. The number of ketones is 1. The summed E-state index contributed by atoms with van der Waals surface area (Å²) >= 11 is 0. The van der Waals surface area contributed by atoms with E-state index in [4.69, 9.17) is 15.6 Å². The molecule has 0 saturated carbocycles. The molecule has 1 unspecified atom stereocenters. The molecule has 148 valence electrons. The first-order chi connectivity index (χ1) is 13.9. The van der Waals surface area contributed by atoms with Gasteiger partial charge in [-0.2, -0.15) is 0 Å². The highest BCUT2D eigenvalue weighted by Gasteiger charge is 2.32. The molecule has 4 rings (SSSR count). The molecule has 1 atom stereocenters. The number of primary amides is 1. The molecule has 3 N–H and O–H groups in total. The zero-order valence-electron chi connectivity index (χ0n) is 15.8. The third kappa shape index (κ3) is 3.04. The SMILES string of the molecule is CCc1c(C(=O)C(N)=O)c2c(OCC(=O)O)cccc2n1C1Cc2cccc1c2. The minimum atomic E-state index is -1.13. The molecule has 0 aliphatic heterocycles. The Morgan fingerprint density at radius 3 is 2.62 bits per heavy atom. The number of hydrogen-bond donors (Lipinski definition) is 2. The number of benzene rings is 2. The largest absolute Gasteiger partial charge is 0.481 e. The van der Waals surface area contributed by atoms with Crippen LogP contribution in [0.25, 0.3) is 10.9 Å². The number of nitrogens with two attached hydrogens (primary N) is 1. The van der Waals surface area contributed by atoms with E-state index < -0.39 is 24.3 Å². The van der Waals surface area contributed by atoms with E-state index in [1.54, 1.807) is 12.1 Å². The number of aliphatic carboxylic acids is 1. The van der Waals surface area contributed by atoms with Crippen molar-refractivity contribution in [3.05, 3.63) is 64.8 Å². The Bertz CT molecular complexity index is 1160. The number of rotatable bonds is 7. The van der Waals surface area contributed by atoms with Gasteiger partial charge in [-0.3, -0.25) is 9.59 Å². The van der Waals surface area contributed by atoms with Gasteiger partial charge in [0.1, 0.15) is 5.75 Å². The molecule has 1 aliphatic carbocycles. The van der Waals surface area contributed by atoms with E-state index in [0.29, 0.717) is 23.0 Å². The highest BCUT2D eigenvalue weighted by Crippen LogP contribution is 2.41. The lowest BCUT2D eigenvalue weighted by molar-refractivity contribution is -0.139. The molecule has 2 aromatic carbocycles. The summed E-state index contributed by atoms with van der Waals surface area (Å²) in [6.07, 6.45) is 1.26. The summed E-state index contributed by atoms with van der Waals surface area (Å²) in [7, 11) is 0. The van der Waals surface area contributed by atoms with Gasteiger partial charge >= 0.3 is 5.97 Å². The number of carbonyl (C=O) groups excluding carboxylic acids is 2. The Labute approximate surface area is 166 Å². The van der Waals surface area contributed by atoms with Crippen molar-refractivity contribution < 1.29 is 24.2 Å². The molecule has 2 bridgehead atoms. The number of ether oxygens (including phenoxy) is 1. The van der Waals surface area contributed by atoms with Crippen molar-refractivity contribution in [1.82, 2.24) is 4.57 Å². The summed E-state index contributed by atoms with van der Waals surface area (Å²) in [5.74, 6) is -2.75. The van der Waals surface area contributed by atoms with Crippen LogP contribution in [0.4, 0.5) is 0 Å². The second kappa shape index (κ2) is 7.09. The maximum absolute atomic E-state index is 12.8. The van der Waals surface area contributed by atoms with Crippen LogP contribution in [0.2, 0.25) is 0 Å². The summed E-state index contributed by atoms with van der Waals surface area (Å²) in [5, 5.41) is 9.43. The van der Waals surface area contributed by atoms with E-state index in [1.807, 2.05) is 25.1 Å². The van der Waals surface area contributed by atoms with Gasteiger partial charge in [0, 0.05) is 5.69 Å². The second-order valence-electron chi connectivity index (χ2n) is 7.04. The minimum absolute atomic E-state index is 0.0263. The molecule has 1 heterocycles. The van der Waals surface area contributed by atoms with Gasteiger partial charge in [0.25, 0.3) is 11.7 Å². The molecule has 29 heavy (non-hydrogen) atoms. The highest BCUT2D eigenvalue weighted by molar-refractivity contribution is 6.45. The van der Waals surface area contributed by atoms with Gasteiger partial charge in [0.15, 0.2) is 6.61 Å². The third-order valence-corrected chi connectivity index (χ3v) is 5.31. The molecule has 7 nitrogen and oxygen atoms in total. The monoisotopic (exact) mass is 392 g/mol. The van der Waals surface area contributed by atoms with Gasteiger partial charge in [-0.05, 0) is 36.1 Å². The highest BCUT2D eigenvalue weighted by atomic mass is 16.5. The molecule has 7 heteroatoms. The van der Waals surface area contributed by atoms with Crippen LogP contribution < -0.4 is 10.5 Å². The number of fused-ring (bicyclic) bond motifs is 3. The van der Waals surface area contributed by atoms with Gasteiger partial charge in [0.2, 0.25) is 0 Å². The zero-order valence-corrected chi connectivity index (χ0v) is 15.8. The second-order valence-corrected chi connectivity index (χ2v) is 7.04. The van der Waals surface area contributed by atoms with Crippen molar-refractivity contribution in [2.24, 2.45) is 5.73 Å². The van der Waals surface area contributed by atoms with Gasteiger partial charge in [0.05, 0.1) is 22.5 Å². The fraction of sp³-hybridized carbons (Fsp3) is 0.227. The van der Waals surface area contributed by atoms with Crippen molar-refractivity contribution in [2.45, 2.75) is 25.8 Å². The lowest BCUT2D eigenvalue weighted by atomic mass is 10.0. The number of carboxylic acids is 1. The number of carboxylic acid groups (broad SMARTS) is 1. The van der Waals surface area contributed by atoms with Gasteiger partial charge in [-0.1, -0.05) is 37.3 Å². The summed E-state index contributed by atoms with van der Waals surface area (Å²) in [6, 6.07) is 13.4. The minimum Gasteiger partial charge on any atom is -0.481 e. The van der Waals surface area contributed by atoms with E-state index in [1.165, 1.54) is 5.56 Å². The number of hydrogen-bond acceptors (Lipinski definition) is 4. The smallest absolute Gasteiger partial charge is 0.341 e. The molecular formula is C22H20N2O5. The van der Waals surface area contributed by atoms with Crippen molar-refractivity contribution >= 4 is 28.6 Å². The van der Waals surface area contributed by atoms with E-state index >= 15 is 0 Å². The van der Waals surface area contributed by atoms with Gasteiger partial charge < -0.3 is 20.1 Å². The molecule has 0 radical (unpaired) electrons. The molecule has 0 fully saturated rings. The van der Waals surface area contributed by atoms with Crippen LogP contribution in [-0.4, -0.2) is 33.9 Å². The Morgan fingerprint density at radius 2 is 1.97 bits per heavy atom. The zero-order chi connectivity index (χ0) is 20.7. The fourth-order valence-electron chi connectivity index (χ4n) is 4.22. The summed E-state index contributed by atoms with van der Waals surface area (Å²) in [6.45, 7) is 1.35. The lowest BCUT2D eigenvalue weighted by Crippen LogP contribution is -2.24. The molecule has 3 aromatic rings. The van der Waals surface area contributed by atoms with Crippen molar-refractivity contribution in [2.75, 3.05) is 6.61 Å². The average Bonchev–Trinajstić information content (AvgIpc) is 3.18. The number of Topliss-reactive ketones (excluding diaryl/α,β-unsaturated/α-hetero) is 1. The third-order valence-electron chi connectivity index (χ3n) is 5.31. The number of carbonyl (C=O) groups is 3. The summed E-state index contributed by atoms with van der Waals surface area (Å²) in [4.78, 5) is 35.6. The molecule has 0 spiro atoms. The number of aromatic nitrogens is 1. The summed E-state index contributed by atoms with van der Waals surface area (Å²) < 4.78 is 7.51. The van der Waals surface area contributed by atoms with Crippen molar-refractivity contribution in [3.63, 3.8) is 0 Å². The Hall–Kier alpha value is -3.61. The molecule has 0 saturated heterocycles. The van der Waals surface area contributed by atoms with E-state index in [2.05, 4.69) is 16.7 Å². The standard InChI is InChI=1S/C22H20N2O5/c1-2-14-20(21(27)22(23)28)19-15(7-4-8-17(19)29-11-18(25)26)24(14)16-10-12-5-3-6-13(16)9-12/h3-9,16H,2,10-11H2,1H3,(H2,23,28)(H,25,26). The molecule has 1 amide bonds. The van der Waals surface area contributed by atoms with Crippen molar-refractivity contribution in [3.8, 4) is 5.75 Å². The topological polar surface area (TPSA) is 112 Å². The van der Waals surface area contributed by atoms with E-state index in [0.717, 1.165) is 12.0 Å². The van der Waals surface area contributed by atoms with E-state index in [-0.39, 0.29) is 17.4 Å². The normalized spacial score (nSPS) is 14.9. The number of nitrogens with zero attached hydrogens (tertiary/aromatic N) is 1. The predicted octanol–water partition coefficient (Wildman–Crippen LogP) is 2.48. The summed E-state index contributed by atoms with van der Waals surface area (Å²) in [5.41, 5.74) is 9.23. The molecule has 1 aliphatic rings. The maximum atomic E-state index is 12.8. The van der Waals surface area contributed by atoms with Crippen LogP contribution in [0.15, 0.2) is 42.5 Å². The Morgan fingerprint density at radius 1 is 1.21 bits per heavy atom. The van der Waals surface area contributed by atoms with Crippen LogP contribution in [0, 0.1) is 0 Å². The van der Waals surface area contributed by atoms with Gasteiger partial charge in [-0.25, -0.2) is 4.79 Å². The Balaban J connectivity index is 2.01. The van der Waals surface area contributed by atoms with Gasteiger partial charge in [-0.15, -0.1) is 0 Å². The quantitative estimate of drug-likeness (QED) is 0.474. The predicted molar refractivity (Wildman–Crippen MR) is 106 cm³/mol.